The Bertz CT molecular complexity index is 531. The highest BCUT2D eigenvalue weighted by molar-refractivity contribution is 5.79. The molecule has 0 spiro atoms. The van der Waals surface area contributed by atoms with E-state index >= 15 is 0 Å². The maximum Gasteiger partial charge on any atom is 0.191 e. The van der Waals surface area contributed by atoms with Gasteiger partial charge in [0.15, 0.2) is 5.96 Å². The fourth-order valence-corrected chi connectivity index (χ4v) is 3.18. The molecule has 1 aromatic rings. The number of nitrogens with one attached hydrogen (secondary N) is 2. The van der Waals surface area contributed by atoms with Gasteiger partial charge in [0.1, 0.15) is 5.76 Å². The van der Waals surface area contributed by atoms with Gasteiger partial charge in [-0.25, -0.2) is 4.99 Å². The van der Waals surface area contributed by atoms with E-state index in [0.29, 0.717) is 12.5 Å². The third-order valence-corrected chi connectivity index (χ3v) is 4.64. The van der Waals surface area contributed by atoms with Crippen molar-refractivity contribution in [3.05, 3.63) is 17.0 Å². The molecule has 1 aliphatic rings. The first-order valence-corrected chi connectivity index (χ1v) is 9.96. The van der Waals surface area contributed by atoms with E-state index in [0.717, 1.165) is 81.8 Å². The lowest BCUT2D eigenvalue weighted by Crippen LogP contribution is -2.44. The molecule has 2 N–H and O–H groups in total. The minimum absolute atomic E-state index is 0.546. The van der Waals surface area contributed by atoms with Crippen molar-refractivity contribution in [1.82, 2.24) is 20.7 Å². The second kappa shape index (κ2) is 11.2. The quantitative estimate of drug-likeness (QED) is 0.514. The molecule has 148 valence electrons. The predicted octanol–water partition coefficient (Wildman–Crippen LogP) is 1.82. The van der Waals surface area contributed by atoms with Gasteiger partial charge in [-0.1, -0.05) is 25.9 Å². The molecule has 0 amide bonds. The Morgan fingerprint density at radius 3 is 2.62 bits per heavy atom. The smallest absolute Gasteiger partial charge is 0.191 e. The lowest BCUT2D eigenvalue weighted by molar-refractivity contribution is 0.0320. The van der Waals surface area contributed by atoms with E-state index in [-0.39, 0.29) is 0 Å². The summed E-state index contributed by atoms with van der Waals surface area (Å²) in [7, 11) is 0. The number of aromatic nitrogens is 1. The number of rotatable bonds is 9. The van der Waals surface area contributed by atoms with Crippen LogP contribution in [0, 0.1) is 5.92 Å². The summed E-state index contributed by atoms with van der Waals surface area (Å²) in [6.45, 7) is 15.7. The highest BCUT2D eigenvalue weighted by atomic mass is 16.5. The summed E-state index contributed by atoms with van der Waals surface area (Å²) in [5, 5.41) is 11.0. The molecule has 1 unspecified atom stereocenters. The van der Waals surface area contributed by atoms with Crippen molar-refractivity contribution in [2.75, 3.05) is 45.9 Å². The van der Waals surface area contributed by atoms with Crippen molar-refractivity contribution in [3.63, 3.8) is 0 Å². The number of guanidine groups is 1. The second-order valence-corrected chi connectivity index (χ2v) is 6.83. The van der Waals surface area contributed by atoms with Crippen molar-refractivity contribution in [1.29, 1.82) is 0 Å². The molecule has 2 rings (SSSR count). The minimum Gasteiger partial charge on any atom is -0.379 e. The van der Waals surface area contributed by atoms with Crippen LogP contribution in [0.25, 0.3) is 0 Å². The largest absolute Gasteiger partial charge is 0.379 e. The summed E-state index contributed by atoms with van der Waals surface area (Å²) >= 11 is 0. The third-order valence-electron chi connectivity index (χ3n) is 4.64. The molecule has 1 fully saturated rings. The molecule has 0 radical (unpaired) electrons. The van der Waals surface area contributed by atoms with Crippen molar-refractivity contribution >= 4 is 5.96 Å². The van der Waals surface area contributed by atoms with Crippen LogP contribution in [0.3, 0.4) is 0 Å². The molecule has 0 bridgehead atoms. The van der Waals surface area contributed by atoms with Gasteiger partial charge < -0.3 is 19.9 Å². The van der Waals surface area contributed by atoms with Crippen LogP contribution in [0.1, 0.15) is 44.7 Å². The zero-order valence-electron chi connectivity index (χ0n) is 16.8. The van der Waals surface area contributed by atoms with Gasteiger partial charge in [-0.2, -0.15) is 0 Å². The second-order valence-electron chi connectivity index (χ2n) is 6.83. The van der Waals surface area contributed by atoms with Crippen molar-refractivity contribution in [3.8, 4) is 0 Å². The number of ether oxygens (including phenoxy) is 1. The fraction of sp³-hybridized carbons (Fsp3) is 0.789. The van der Waals surface area contributed by atoms with Crippen LogP contribution in [-0.2, 0) is 24.1 Å². The zero-order chi connectivity index (χ0) is 18.8. The Kier molecular flexibility index (Phi) is 8.91. The van der Waals surface area contributed by atoms with Crippen LogP contribution in [-0.4, -0.2) is 62.0 Å². The van der Waals surface area contributed by atoms with Gasteiger partial charge in [0, 0.05) is 44.7 Å². The van der Waals surface area contributed by atoms with Gasteiger partial charge in [0.25, 0.3) is 0 Å². The van der Waals surface area contributed by atoms with Crippen LogP contribution in [0.4, 0.5) is 0 Å². The summed E-state index contributed by atoms with van der Waals surface area (Å²) in [6, 6.07) is 0. The van der Waals surface area contributed by atoms with Gasteiger partial charge in [-0.05, 0) is 19.3 Å². The molecule has 0 saturated carbocycles. The molecule has 26 heavy (non-hydrogen) atoms. The molecule has 1 aliphatic heterocycles. The number of aryl methyl sites for hydroxylation is 2. The lowest BCUT2D eigenvalue weighted by atomic mass is 10.1. The number of hydrogen-bond donors (Lipinski definition) is 2. The van der Waals surface area contributed by atoms with Gasteiger partial charge in [0.2, 0.25) is 0 Å². The summed E-state index contributed by atoms with van der Waals surface area (Å²) in [5.41, 5.74) is 2.15. The summed E-state index contributed by atoms with van der Waals surface area (Å²) < 4.78 is 10.9. The Labute approximate surface area is 157 Å². The zero-order valence-corrected chi connectivity index (χ0v) is 16.8. The molecule has 7 nitrogen and oxygen atoms in total. The molecule has 0 aromatic carbocycles. The van der Waals surface area contributed by atoms with E-state index in [1.165, 1.54) is 0 Å². The molecule has 1 atom stereocenters. The highest BCUT2D eigenvalue weighted by Gasteiger charge is 2.15. The normalized spacial score (nSPS) is 17.3. The molecular weight excluding hydrogens is 330 g/mol. The van der Waals surface area contributed by atoms with E-state index < -0.39 is 0 Å². The van der Waals surface area contributed by atoms with E-state index in [4.69, 9.17) is 14.3 Å². The Morgan fingerprint density at radius 1 is 1.19 bits per heavy atom. The third kappa shape index (κ3) is 6.29. The maximum atomic E-state index is 5.44. The van der Waals surface area contributed by atoms with E-state index in [1.807, 2.05) is 0 Å². The SMILES string of the molecule is CCNC(=NCc1c(CC)noc1CC)NCC(C)CN1CCOCC1. The van der Waals surface area contributed by atoms with Crippen LogP contribution in [0.5, 0.6) is 0 Å². The van der Waals surface area contributed by atoms with E-state index in [1.54, 1.807) is 0 Å². The van der Waals surface area contributed by atoms with Crippen molar-refractivity contribution in [2.24, 2.45) is 10.9 Å². The first kappa shape index (κ1) is 20.7. The molecule has 0 aliphatic carbocycles. The number of morpholine rings is 1. The van der Waals surface area contributed by atoms with Crippen LogP contribution in [0.2, 0.25) is 0 Å². The van der Waals surface area contributed by atoms with Crippen LogP contribution in [0.15, 0.2) is 9.52 Å². The van der Waals surface area contributed by atoms with Crippen molar-refractivity contribution < 1.29 is 9.26 Å². The molecular formula is C19H35N5O2. The molecule has 2 heterocycles. The average Bonchev–Trinajstić information content (AvgIpc) is 3.06. The molecule has 1 saturated heterocycles. The van der Waals surface area contributed by atoms with Crippen LogP contribution >= 0.6 is 0 Å². The Hall–Kier alpha value is -1.60. The molecule has 1 aromatic heterocycles. The number of hydrogen-bond acceptors (Lipinski definition) is 5. The van der Waals surface area contributed by atoms with E-state index in [9.17, 15) is 0 Å². The van der Waals surface area contributed by atoms with Gasteiger partial charge in [-0.15, -0.1) is 0 Å². The topological polar surface area (TPSA) is 74.9 Å². The first-order valence-electron chi connectivity index (χ1n) is 9.96. The van der Waals surface area contributed by atoms with Gasteiger partial charge in [0.05, 0.1) is 25.5 Å². The molecule has 7 heteroatoms. The van der Waals surface area contributed by atoms with E-state index in [2.05, 4.69) is 48.4 Å². The average molecular weight is 366 g/mol. The van der Waals surface area contributed by atoms with Gasteiger partial charge >= 0.3 is 0 Å². The summed E-state index contributed by atoms with van der Waals surface area (Å²) in [4.78, 5) is 7.22. The van der Waals surface area contributed by atoms with Gasteiger partial charge in [-0.3, -0.25) is 4.90 Å². The van der Waals surface area contributed by atoms with Crippen molar-refractivity contribution in [2.45, 2.75) is 47.1 Å². The monoisotopic (exact) mass is 365 g/mol. The highest BCUT2D eigenvalue weighted by Crippen LogP contribution is 2.16. The minimum atomic E-state index is 0.546. The lowest BCUT2D eigenvalue weighted by Gasteiger charge is -2.29. The summed E-state index contributed by atoms with van der Waals surface area (Å²) in [6.07, 6.45) is 1.72. The maximum absolute atomic E-state index is 5.44. The van der Waals surface area contributed by atoms with Crippen LogP contribution < -0.4 is 10.6 Å². The number of nitrogens with zero attached hydrogens (tertiary/aromatic N) is 3. The Morgan fingerprint density at radius 2 is 1.96 bits per heavy atom. The summed E-state index contributed by atoms with van der Waals surface area (Å²) in [5.74, 6) is 2.35. The number of aliphatic imine (C=N–C) groups is 1. The predicted molar refractivity (Wildman–Crippen MR) is 105 cm³/mol. The standard InChI is InChI=1S/C19H35N5O2/c1-5-17-16(18(6-2)26-23-17)13-22-19(20-7-3)21-12-15(4)14-24-8-10-25-11-9-24/h15H,5-14H2,1-4H3,(H2,20,21,22). The first-order chi connectivity index (χ1) is 12.7. The fourth-order valence-electron chi connectivity index (χ4n) is 3.18. The Balaban J connectivity index is 1.88.